The van der Waals surface area contributed by atoms with Gasteiger partial charge in [-0.1, -0.05) is 39.7 Å². The van der Waals surface area contributed by atoms with E-state index in [1.165, 1.54) is 6.07 Å². The number of aryl methyl sites for hydroxylation is 1. The molecule has 0 saturated heterocycles. The molecular weight excluding hydrogens is 331 g/mol. The first kappa shape index (κ1) is 14.5. The highest BCUT2D eigenvalue weighted by Gasteiger charge is 2.17. The van der Waals surface area contributed by atoms with Crippen LogP contribution in [0, 0.1) is 12.7 Å². The molecule has 2 rings (SSSR count). The molecule has 2 aromatic rings. The van der Waals surface area contributed by atoms with Crippen LogP contribution in [0.15, 0.2) is 40.9 Å². The Bertz CT molecular complexity index is 604. The van der Waals surface area contributed by atoms with Gasteiger partial charge in [0.1, 0.15) is 5.82 Å². The predicted octanol–water partition coefficient (Wildman–Crippen LogP) is 4.10. The predicted molar refractivity (Wildman–Crippen MR) is 79.5 cm³/mol. The molecule has 0 aliphatic rings. The standard InChI is InChI=1S/C14H13BrClFN2/c1-8-2-3-9(6-13(8)17)14(19-18)11-7-10(16)4-5-12(11)15/h2-7,14,19H,18H2,1H3. The van der Waals surface area contributed by atoms with Crippen LogP contribution in [0.1, 0.15) is 22.7 Å². The zero-order valence-corrected chi connectivity index (χ0v) is 12.6. The Morgan fingerprint density at radius 2 is 2.00 bits per heavy atom. The lowest BCUT2D eigenvalue weighted by Crippen LogP contribution is -2.29. The van der Waals surface area contributed by atoms with Gasteiger partial charge in [-0.3, -0.25) is 5.84 Å². The van der Waals surface area contributed by atoms with Crippen LogP contribution in [0.25, 0.3) is 0 Å². The quantitative estimate of drug-likeness (QED) is 0.650. The minimum Gasteiger partial charge on any atom is -0.271 e. The van der Waals surface area contributed by atoms with Crippen LogP contribution < -0.4 is 11.3 Å². The monoisotopic (exact) mass is 342 g/mol. The van der Waals surface area contributed by atoms with Crippen molar-refractivity contribution in [2.75, 3.05) is 0 Å². The highest BCUT2D eigenvalue weighted by Crippen LogP contribution is 2.31. The van der Waals surface area contributed by atoms with E-state index >= 15 is 0 Å². The Balaban J connectivity index is 2.49. The maximum Gasteiger partial charge on any atom is 0.126 e. The van der Waals surface area contributed by atoms with E-state index in [4.69, 9.17) is 17.4 Å². The maximum absolute atomic E-state index is 13.7. The van der Waals surface area contributed by atoms with Crippen molar-refractivity contribution in [2.45, 2.75) is 13.0 Å². The molecule has 0 amide bonds. The molecule has 5 heteroatoms. The molecule has 0 spiro atoms. The maximum atomic E-state index is 13.7. The number of benzene rings is 2. The highest BCUT2D eigenvalue weighted by molar-refractivity contribution is 9.10. The summed E-state index contributed by atoms with van der Waals surface area (Å²) in [5.41, 5.74) is 4.90. The summed E-state index contributed by atoms with van der Waals surface area (Å²) in [6, 6.07) is 10.1. The molecule has 2 nitrogen and oxygen atoms in total. The third-order valence-electron chi connectivity index (χ3n) is 2.96. The van der Waals surface area contributed by atoms with Crippen molar-refractivity contribution in [2.24, 2.45) is 5.84 Å². The molecule has 2 aromatic carbocycles. The van der Waals surface area contributed by atoms with Gasteiger partial charge in [-0.2, -0.15) is 0 Å². The van der Waals surface area contributed by atoms with Crippen molar-refractivity contribution in [3.63, 3.8) is 0 Å². The zero-order chi connectivity index (χ0) is 14.0. The summed E-state index contributed by atoms with van der Waals surface area (Å²) >= 11 is 9.45. The first-order valence-electron chi connectivity index (χ1n) is 5.70. The largest absolute Gasteiger partial charge is 0.271 e. The van der Waals surface area contributed by atoms with Crippen molar-refractivity contribution in [3.8, 4) is 0 Å². The third-order valence-corrected chi connectivity index (χ3v) is 3.92. The van der Waals surface area contributed by atoms with Gasteiger partial charge in [0.15, 0.2) is 0 Å². The normalized spacial score (nSPS) is 12.5. The van der Waals surface area contributed by atoms with E-state index in [0.717, 1.165) is 15.6 Å². The summed E-state index contributed by atoms with van der Waals surface area (Å²) in [4.78, 5) is 0. The lowest BCUT2D eigenvalue weighted by molar-refractivity contribution is 0.598. The molecular formula is C14H13BrClFN2. The molecule has 3 N–H and O–H groups in total. The first-order valence-corrected chi connectivity index (χ1v) is 6.87. The van der Waals surface area contributed by atoms with Gasteiger partial charge in [0, 0.05) is 9.50 Å². The van der Waals surface area contributed by atoms with Crippen LogP contribution in [0.3, 0.4) is 0 Å². The molecule has 100 valence electrons. The molecule has 1 unspecified atom stereocenters. The van der Waals surface area contributed by atoms with Crippen LogP contribution in [-0.2, 0) is 0 Å². The Labute approximate surface area is 124 Å². The van der Waals surface area contributed by atoms with Crippen LogP contribution in [0.5, 0.6) is 0 Å². The minimum atomic E-state index is -0.330. The molecule has 1 atom stereocenters. The van der Waals surface area contributed by atoms with E-state index in [1.54, 1.807) is 25.1 Å². The van der Waals surface area contributed by atoms with Gasteiger partial charge in [-0.05, 0) is 47.9 Å². The summed E-state index contributed by atoms with van der Waals surface area (Å²) in [5, 5.41) is 0.603. The van der Waals surface area contributed by atoms with Gasteiger partial charge in [0.05, 0.1) is 6.04 Å². The van der Waals surface area contributed by atoms with Crippen molar-refractivity contribution < 1.29 is 4.39 Å². The van der Waals surface area contributed by atoms with Crippen LogP contribution in [-0.4, -0.2) is 0 Å². The third kappa shape index (κ3) is 3.15. The van der Waals surface area contributed by atoms with E-state index in [-0.39, 0.29) is 11.9 Å². The first-order chi connectivity index (χ1) is 9.02. The average Bonchev–Trinajstić information content (AvgIpc) is 2.38. The number of halogens is 3. The molecule has 0 bridgehead atoms. The average molecular weight is 344 g/mol. The number of rotatable bonds is 3. The summed E-state index contributed by atoms with van der Waals surface area (Å²) in [6.45, 7) is 1.72. The fourth-order valence-electron chi connectivity index (χ4n) is 1.89. The number of hydrogen-bond donors (Lipinski definition) is 2. The lowest BCUT2D eigenvalue weighted by Gasteiger charge is -2.19. The lowest BCUT2D eigenvalue weighted by atomic mass is 9.98. The van der Waals surface area contributed by atoms with Crippen molar-refractivity contribution in [1.29, 1.82) is 0 Å². The van der Waals surface area contributed by atoms with Gasteiger partial charge in [-0.15, -0.1) is 0 Å². The van der Waals surface area contributed by atoms with Crippen molar-refractivity contribution in [3.05, 3.63) is 68.4 Å². The van der Waals surface area contributed by atoms with E-state index in [0.29, 0.717) is 10.6 Å². The van der Waals surface area contributed by atoms with Gasteiger partial charge in [0.25, 0.3) is 0 Å². The van der Waals surface area contributed by atoms with Crippen LogP contribution >= 0.6 is 27.5 Å². The Morgan fingerprint density at radius 1 is 1.26 bits per heavy atom. The molecule has 0 fully saturated rings. The van der Waals surface area contributed by atoms with Crippen molar-refractivity contribution >= 4 is 27.5 Å². The fraction of sp³-hybridized carbons (Fsp3) is 0.143. The smallest absolute Gasteiger partial charge is 0.126 e. The molecule has 19 heavy (non-hydrogen) atoms. The van der Waals surface area contributed by atoms with Gasteiger partial charge in [0.2, 0.25) is 0 Å². The second kappa shape index (κ2) is 6.01. The topological polar surface area (TPSA) is 38.0 Å². The summed E-state index contributed by atoms with van der Waals surface area (Å²) in [6.07, 6.45) is 0. The Hall–Kier alpha value is -0.940. The second-order valence-electron chi connectivity index (χ2n) is 4.27. The number of nitrogens with one attached hydrogen (secondary N) is 1. The molecule has 0 aliphatic heterocycles. The van der Waals surface area contributed by atoms with Gasteiger partial charge in [-0.25, -0.2) is 9.82 Å². The minimum absolute atomic E-state index is 0.254. The Morgan fingerprint density at radius 3 is 2.63 bits per heavy atom. The van der Waals surface area contributed by atoms with Gasteiger partial charge < -0.3 is 0 Å². The molecule has 0 aliphatic carbocycles. The molecule has 0 heterocycles. The van der Waals surface area contributed by atoms with Crippen LogP contribution in [0.4, 0.5) is 4.39 Å². The number of hydrazine groups is 1. The zero-order valence-electron chi connectivity index (χ0n) is 10.3. The second-order valence-corrected chi connectivity index (χ2v) is 5.56. The SMILES string of the molecule is Cc1ccc(C(NN)c2cc(Cl)ccc2Br)cc1F. The van der Waals surface area contributed by atoms with E-state index < -0.39 is 0 Å². The fourth-order valence-corrected chi connectivity index (χ4v) is 2.55. The number of nitrogens with two attached hydrogens (primary N) is 1. The number of hydrogen-bond acceptors (Lipinski definition) is 2. The van der Waals surface area contributed by atoms with E-state index in [2.05, 4.69) is 21.4 Å². The van der Waals surface area contributed by atoms with Crippen LogP contribution in [0.2, 0.25) is 5.02 Å². The van der Waals surface area contributed by atoms with Gasteiger partial charge >= 0.3 is 0 Å². The van der Waals surface area contributed by atoms with Crippen molar-refractivity contribution in [1.82, 2.24) is 5.43 Å². The Kier molecular flexibility index (Phi) is 4.58. The summed E-state index contributed by atoms with van der Waals surface area (Å²) in [7, 11) is 0. The van der Waals surface area contributed by atoms with E-state index in [1.807, 2.05) is 12.1 Å². The van der Waals surface area contributed by atoms with E-state index in [9.17, 15) is 4.39 Å². The summed E-state index contributed by atoms with van der Waals surface area (Å²) in [5.74, 6) is 5.35. The molecule has 0 saturated carbocycles. The summed E-state index contributed by atoms with van der Waals surface area (Å²) < 4.78 is 14.5. The molecule has 0 radical (unpaired) electrons. The molecule has 0 aromatic heterocycles. The highest BCUT2D eigenvalue weighted by atomic mass is 79.9.